The number of carbonyl (C=O) groups is 1. The number of amides is 1. The maximum Gasteiger partial charge on any atom is 0.232 e. The second-order valence-corrected chi connectivity index (χ2v) is 7.59. The van der Waals surface area contributed by atoms with Crippen molar-refractivity contribution in [1.82, 2.24) is 4.90 Å². The predicted octanol–water partition coefficient (Wildman–Crippen LogP) is 2.26. The Labute approximate surface area is 134 Å². The number of nitrogens with zero attached hydrogens (tertiary/aromatic N) is 2. The van der Waals surface area contributed by atoms with E-state index in [9.17, 15) is 17.6 Å². The number of sulfonamides is 1. The van der Waals surface area contributed by atoms with E-state index in [2.05, 4.69) is 0 Å². The molecule has 1 aliphatic heterocycles. The standard InChI is InChI=1S/C14H18ClFN2O3S/c1-22(20,21)18(11-4-5-13(16)12(15)10-11)9-6-14(19)17-7-2-3-8-17/h4-5,10H,2-3,6-9H2,1H3. The molecule has 122 valence electrons. The molecule has 2 rings (SSSR count). The Morgan fingerprint density at radius 3 is 2.55 bits per heavy atom. The van der Waals surface area contributed by atoms with Crippen LogP contribution in [0, 0.1) is 5.82 Å². The first-order valence-electron chi connectivity index (χ1n) is 6.99. The van der Waals surface area contributed by atoms with Crippen LogP contribution in [-0.2, 0) is 14.8 Å². The van der Waals surface area contributed by atoms with E-state index in [-0.39, 0.29) is 29.6 Å². The van der Waals surface area contributed by atoms with Crippen molar-refractivity contribution in [3.63, 3.8) is 0 Å². The molecule has 1 aromatic rings. The van der Waals surface area contributed by atoms with Crippen molar-refractivity contribution in [3.8, 4) is 0 Å². The summed E-state index contributed by atoms with van der Waals surface area (Å²) in [6, 6.07) is 3.69. The van der Waals surface area contributed by atoms with Gasteiger partial charge in [0.05, 0.1) is 17.0 Å². The normalized spacial score (nSPS) is 15.1. The lowest BCUT2D eigenvalue weighted by atomic mass is 10.3. The van der Waals surface area contributed by atoms with Gasteiger partial charge in [0.2, 0.25) is 15.9 Å². The van der Waals surface area contributed by atoms with E-state index >= 15 is 0 Å². The van der Waals surface area contributed by atoms with Crippen LogP contribution in [0.2, 0.25) is 5.02 Å². The average Bonchev–Trinajstić information content (AvgIpc) is 2.95. The van der Waals surface area contributed by atoms with Gasteiger partial charge in [-0.3, -0.25) is 9.10 Å². The fourth-order valence-electron chi connectivity index (χ4n) is 2.45. The molecule has 0 atom stereocenters. The van der Waals surface area contributed by atoms with Crippen LogP contribution in [0.5, 0.6) is 0 Å². The monoisotopic (exact) mass is 348 g/mol. The summed E-state index contributed by atoms with van der Waals surface area (Å²) in [5.41, 5.74) is 0.253. The SMILES string of the molecule is CS(=O)(=O)N(CCC(=O)N1CCCC1)c1ccc(F)c(Cl)c1. The Hall–Kier alpha value is -1.34. The highest BCUT2D eigenvalue weighted by Crippen LogP contribution is 2.24. The number of halogens is 2. The molecule has 0 N–H and O–H groups in total. The van der Waals surface area contributed by atoms with Crippen molar-refractivity contribution < 1.29 is 17.6 Å². The predicted molar refractivity (Wildman–Crippen MR) is 84.0 cm³/mol. The van der Waals surface area contributed by atoms with Crippen LogP contribution < -0.4 is 4.31 Å². The summed E-state index contributed by atoms with van der Waals surface area (Å²) in [6.07, 6.45) is 3.09. The van der Waals surface area contributed by atoms with Gasteiger partial charge in [0.1, 0.15) is 5.82 Å². The van der Waals surface area contributed by atoms with Crippen LogP contribution in [0.4, 0.5) is 10.1 Å². The smallest absolute Gasteiger partial charge is 0.232 e. The zero-order valence-electron chi connectivity index (χ0n) is 12.3. The van der Waals surface area contributed by atoms with Crippen molar-refractivity contribution in [2.45, 2.75) is 19.3 Å². The topological polar surface area (TPSA) is 57.7 Å². The second-order valence-electron chi connectivity index (χ2n) is 5.27. The first kappa shape index (κ1) is 17.0. The van der Waals surface area contributed by atoms with Crippen molar-refractivity contribution in [3.05, 3.63) is 29.0 Å². The second kappa shape index (κ2) is 6.83. The molecule has 0 unspecified atom stereocenters. The molecule has 1 aromatic carbocycles. The zero-order valence-corrected chi connectivity index (χ0v) is 13.8. The maximum absolute atomic E-state index is 13.2. The largest absolute Gasteiger partial charge is 0.343 e. The third-order valence-corrected chi connectivity index (χ3v) is 5.06. The quantitative estimate of drug-likeness (QED) is 0.820. The van der Waals surface area contributed by atoms with E-state index < -0.39 is 15.8 Å². The van der Waals surface area contributed by atoms with Crippen LogP contribution in [0.1, 0.15) is 19.3 Å². The minimum atomic E-state index is -3.59. The summed E-state index contributed by atoms with van der Waals surface area (Å²) in [5.74, 6) is -0.689. The summed E-state index contributed by atoms with van der Waals surface area (Å²) >= 11 is 5.70. The zero-order chi connectivity index (χ0) is 16.3. The summed E-state index contributed by atoms with van der Waals surface area (Å²) in [6.45, 7) is 1.45. The molecular formula is C14H18ClFN2O3S. The molecular weight excluding hydrogens is 331 g/mol. The van der Waals surface area contributed by atoms with Gasteiger partial charge in [0, 0.05) is 26.1 Å². The number of anilines is 1. The Kier molecular flexibility index (Phi) is 5.28. The molecule has 8 heteroatoms. The first-order chi connectivity index (χ1) is 10.3. The molecule has 0 bridgehead atoms. The van der Waals surface area contributed by atoms with E-state index in [0.29, 0.717) is 0 Å². The Balaban J connectivity index is 2.13. The van der Waals surface area contributed by atoms with Crippen LogP contribution in [-0.4, -0.2) is 45.1 Å². The van der Waals surface area contributed by atoms with Gasteiger partial charge in [-0.1, -0.05) is 11.6 Å². The molecule has 1 amide bonds. The summed E-state index contributed by atoms with van der Waals surface area (Å²) in [5, 5.41) is -0.156. The van der Waals surface area contributed by atoms with Gasteiger partial charge < -0.3 is 4.90 Å². The van der Waals surface area contributed by atoms with Gasteiger partial charge in [-0.05, 0) is 31.0 Å². The molecule has 5 nitrogen and oxygen atoms in total. The lowest BCUT2D eigenvalue weighted by Crippen LogP contribution is -2.35. The molecule has 0 radical (unpaired) electrons. The molecule has 1 heterocycles. The fourth-order valence-corrected chi connectivity index (χ4v) is 3.54. The van der Waals surface area contributed by atoms with Crippen LogP contribution in [0.25, 0.3) is 0 Å². The van der Waals surface area contributed by atoms with Gasteiger partial charge in [-0.25, -0.2) is 12.8 Å². The van der Waals surface area contributed by atoms with E-state index in [1.54, 1.807) is 4.90 Å². The van der Waals surface area contributed by atoms with E-state index in [1.165, 1.54) is 12.1 Å². The molecule has 0 spiro atoms. The Bertz CT molecular complexity index is 660. The molecule has 0 aliphatic carbocycles. The minimum Gasteiger partial charge on any atom is -0.343 e. The summed E-state index contributed by atoms with van der Waals surface area (Å²) in [7, 11) is -3.59. The van der Waals surface area contributed by atoms with Crippen LogP contribution >= 0.6 is 11.6 Å². The molecule has 0 saturated carbocycles. The molecule has 1 aliphatic rings. The van der Waals surface area contributed by atoms with Gasteiger partial charge in [-0.2, -0.15) is 0 Å². The number of carbonyl (C=O) groups excluding carboxylic acids is 1. The van der Waals surface area contributed by atoms with E-state index in [1.807, 2.05) is 0 Å². The highest BCUT2D eigenvalue weighted by atomic mass is 35.5. The van der Waals surface area contributed by atoms with Gasteiger partial charge in [0.25, 0.3) is 0 Å². The third-order valence-electron chi connectivity index (χ3n) is 3.58. The highest BCUT2D eigenvalue weighted by Gasteiger charge is 2.23. The third kappa shape index (κ3) is 4.10. The number of hydrogen-bond donors (Lipinski definition) is 0. The van der Waals surface area contributed by atoms with Gasteiger partial charge in [-0.15, -0.1) is 0 Å². The van der Waals surface area contributed by atoms with Gasteiger partial charge in [0.15, 0.2) is 0 Å². The average molecular weight is 349 g/mol. The number of benzene rings is 1. The molecule has 22 heavy (non-hydrogen) atoms. The summed E-state index contributed by atoms with van der Waals surface area (Å²) < 4.78 is 38.1. The Morgan fingerprint density at radius 1 is 1.36 bits per heavy atom. The number of rotatable bonds is 5. The molecule has 1 saturated heterocycles. The van der Waals surface area contributed by atoms with Crippen molar-refractivity contribution in [1.29, 1.82) is 0 Å². The lowest BCUT2D eigenvalue weighted by Gasteiger charge is -2.24. The van der Waals surface area contributed by atoms with Crippen LogP contribution in [0.3, 0.4) is 0 Å². The highest BCUT2D eigenvalue weighted by molar-refractivity contribution is 7.92. The molecule has 0 aromatic heterocycles. The fraction of sp³-hybridized carbons (Fsp3) is 0.500. The van der Waals surface area contributed by atoms with Crippen LogP contribution in [0.15, 0.2) is 18.2 Å². The Morgan fingerprint density at radius 2 is 2.00 bits per heavy atom. The minimum absolute atomic E-state index is 0.0100. The maximum atomic E-state index is 13.2. The van der Waals surface area contributed by atoms with Crippen molar-refractivity contribution in [2.75, 3.05) is 30.2 Å². The van der Waals surface area contributed by atoms with E-state index in [4.69, 9.17) is 11.6 Å². The van der Waals surface area contributed by atoms with E-state index in [0.717, 1.165) is 42.6 Å². The number of hydrogen-bond acceptors (Lipinski definition) is 3. The number of likely N-dealkylation sites (tertiary alicyclic amines) is 1. The van der Waals surface area contributed by atoms with Gasteiger partial charge >= 0.3 is 0 Å². The van der Waals surface area contributed by atoms with Crippen molar-refractivity contribution in [2.24, 2.45) is 0 Å². The lowest BCUT2D eigenvalue weighted by molar-refractivity contribution is -0.129. The molecule has 1 fully saturated rings. The first-order valence-corrected chi connectivity index (χ1v) is 9.22. The van der Waals surface area contributed by atoms with Crippen molar-refractivity contribution >= 4 is 33.2 Å². The summed E-state index contributed by atoms with van der Waals surface area (Å²) in [4.78, 5) is 13.8.